The number of rotatable bonds is 14. The van der Waals surface area contributed by atoms with Gasteiger partial charge in [0, 0.05) is 37.6 Å². The smallest absolute Gasteiger partial charge is 0.289 e. The molecule has 4 N–H and O–H groups in total. The van der Waals surface area contributed by atoms with Crippen molar-refractivity contribution in [3.8, 4) is 0 Å². The number of carbonyl (C=O) groups is 5. The Morgan fingerprint density at radius 1 is 0.957 bits per heavy atom. The predicted octanol–water partition coefficient (Wildman–Crippen LogP) is 3.02. The third kappa shape index (κ3) is 9.81. The van der Waals surface area contributed by atoms with E-state index in [1.165, 1.54) is 18.6 Å². The molecule has 3 rings (SSSR count). The van der Waals surface area contributed by atoms with Crippen LogP contribution in [0.5, 0.6) is 0 Å². The van der Waals surface area contributed by atoms with E-state index in [1.807, 2.05) is 62.3 Å². The maximum atomic E-state index is 14.5. The molecule has 2 fully saturated rings. The lowest BCUT2D eigenvalue weighted by atomic mass is 9.83. The summed E-state index contributed by atoms with van der Waals surface area (Å²) >= 11 is 0. The molecule has 12 nitrogen and oxygen atoms in total. The number of carbonyl (C=O) groups excluding carboxylic acids is 5. The first-order chi connectivity index (χ1) is 22.0. The second-order valence-electron chi connectivity index (χ2n) is 15.5. The summed E-state index contributed by atoms with van der Waals surface area (Å²) in [5.41, 5.74) is -0.673. The van der Waals surface area contributed by atoms with Gasteiger partial charge in [-0.2, -0.15) is 0 Å². The Kier molecular flexibility index (Phi) is 13.1. The van der Waals surface area contributed by atoms with Crippen molar-refractivity contribution >= 4 is 29.4 Å². The summed E-state index contributed by atoms with van der Waals surface area (Å²) in [7, 11) is 0. The fourth-order valence-electron chi connectivity index (χ4n) is 6.63. The highest BCUT2D eigenvalue weighted by atomic mass is 16.2. The van der Waals surface area contributed by atoms with Crippen molar-refractivity contribution in [2.45, 2.75) is 131 Å². The number of ketones is 1. The van der Waals surface area contributed by atoms with Crippen LogP contribution in [0.2, 0.25) is 0 Å². The summed E-state index contributed by atoms with van der Waals surface area (Å²) in [6.07, 6.45) is 8.73. The van der Waals surface area contributed by atoms with Gasteiger partial charge in [-0.1, -0.05) is 68.2 Å². The topological polar surface area (TPSA) is 162 Å². The fraction of sp³-hybridized carbons (Fsp3) is 0.743. The van der Waals surface area contributed by atoms with Crippen molar-refractivity contribution in [1.29, 1.82) is 0 Å². The monoisotopic (exact) mass is 655 g/mol. The first-order valence-electron chi connectivity index (χ1n) is 17.2. The van der Waals surface area contributed by atoms with Gasteiger partial charge < -0.3 is 26.2 Å². The molecule has 12 heteroatoms. The van der Waals surface area contributed by atoms with Crippen LogP contribution in [0, 0.1) is 22.7 Å². The highest BCUT2D eigenvalue weighted by Crippen LogP contribution is 2.43. The van der Waals surface area contributed by atoms with Crippen LogP contribution in [-0.4, -0.2) is 87.6 Å². The summed E-state index contributed by atoms with van der Waals surface area (Å²) in [5.74, 6) is -2.10. The molecule has 47 heavy (non-hydrogen) atoms. The van der Waals surface area contributed by atoms with Gasteiger partial charge in [0.2, 0.25) is 17.6 Å². The van der Waals surface area contributed by atoms with E-state index >= 15 is 0 Å². The van der Waals surface area contributed by atoms with Crippen LogP contribution in [0.15, 0.2) is 18.6 Å². The zero-order valence-corrected chi connectivity index (χ0v) is 29.8. The lowest BCUT2D eigenvalue weighted by molar-refractivity contribution is -0.145. The molecule has 7 atom stereocenters. The van der Waals surface area contributed by atoms with E-state index in [0.29, 0.717) is 32.4 Å². The van der Waals surface area contributed by atoms with Gasteiger partial charge in [0.25, 0.3) is 11.8 Å². The van der Waals surface area contributed by atoms with Gasteiger partial charge in [0.15, 0.2) is 0 Å². The zero-order valence-electron chi connectivity index (χ0n) is 29.8. The van der Waals surface area contributed by atoms with Crippen molar-refractivity contribution in [1.82, 2.24) is 36.1 Å². The quantitative estimate of drug-likeness (QED) is 0.222. The van der Waals surface area contributed by atoms with Gasteiger partial charge in [-0.15, -0.1) is 0 Å². The fourth-order valence-corrected chi connectivity index (χ4v) is 6.63. The van der Waals surface area contributed by atoms with Crippen LogP contribution in [0.25, 0.3) is 0 Å². The first-order valence-corrected chi connectivity index (χ1v) is 17.2. The number of fused-ring (bicyclic) bond motifs is 1. The van der Waals surface area contributed by atoms with Crippen LogP contribution >= 0.6 is 0 Å². The Hall–Kier alpha value is -3.41. The Balaban J connectivity index is 1.83. The number of hydrogen-bond donors (Lipinski definition) is 4. The molecule has 1 aliphatic carbocycles. The van der Waals surface area contributed by atoms with Crippen LogP contribution in [0.4, 0.5) is 0 Å². The first kappa shape index (κ1) is 38.0. The van der Waals surface area contributed by atoms with Crippen LogP contribution in [-0.2, 0) is 19.2 Å². The van der Waals surface area contributed by atoms with E-state index in [-0.39, 0.29) is 52.7 Å². The van der Waals surface area contributed by atoms with Crippen LogP contribution in [0.1, 0.15) is 111 Å². The normalized spacial score (nSPS) is 22.1. The highest BCUT2D eigenvalue weighted by molar-refractivity contribution is 6.38. The molecule has 1 saturated heterocycles. The number of nitrogens with zero attached hydrogens (tertiary/aromatic N) is 3. The second kappa shape index (κ2) is 16.1. The molecule has 1 aromatic heterocycles. The minimum absolute atomic E-state index is 0.0144. The molecule has 2 heterocycles. The summed E-state index contributed by atoms with van der Waals surface area (Å²) in [4.78, 5) is 77.2. The molecule has 262 valence electrons. The predicted molar refractivity (Wildman–Crippen MR) is 180 cm³/mol. The average molecular weight is 656 g/mol. The van der Waals surface area contributed by atoms with Crippen molar-refractivity contribution < 1.29 is 24.0 Å². The number of Topliss-reactive ketones (excluding diaryl/α,β-unsaturated/α-hetero) is 1. The van der Waals surface area contributed by atoms with Crippen molar-refractivity contribution in [2.24, 2.45) is 22.7 Å². The molecule has 2 aliphatic rings. The molecular formula is C35H57N7O5. The van der Waals surface area contributed by atoms with E-state index in [0.717, 1.165) is 19.3 Å². The molecule has 1 aromatic rings. The summed E-state index contributed by atoms with van der Waals surface area (Å²) in [5, 5.41) is 12.1. The number of hydrogen-bond acceptors (Lipinski definition) is 8. The van der Waals surface area contributed by atoms with E-state index in [9.17, 15) is 24.0 Å². The molecule has 0 spiro atoms. The van der Waals surface area contributed by atoms with E-state index < -0.39 is 35.2 Å². The molecular weight excluding hydrogens is 598 g/mol. The Morgan fingerprint density at radius 2 is 1.66 bits per heavy atom. The van der Waals surface area contributed by atoms with Gasteiger partial charge in [-0.05, 0) is 55.3 Å². The molecule has 1 saturated carbocycles. The third-order valence-electron chi connectivity index (χ3n) is 9.65. The largest absolute Gasteiger partial charge is 0.347 e. The Morgan fingerprint density at radius 3 is 2.23 bits per heavy atom. The second-order valence-corrected chi connectivity index (χ2v) is 15.5. The summed E-state index contributed by atoms with van der Waals surface area (Å²) in [6.45, 7) is 18.4. The van der Waals surface area contributed by atoms with Gasteiger partial charge in [-0.3, -0.25) is 29.0 Å². The minimum Gasteiger partial charge on any atom is -0.347 e. The number of nitrogens with one attached hydrogen (secondary N) is 4. The maximum absolute atomic E-state index is 14.5. The Bertz CT molecular complexity index is 1260. The zero-order chi connectivity index (χ0) is 35.1. The summed E-state index contributed by atoms with van der Waals surface area (Å²) < 4.78 is 0. The van der Waals surface area contributed by atoms with Gasteiger partial charge >= 0.3 is 0 Å². The third-order valence-corrected chi connectivity index (χ3v) is 9.65. The number of amides is 4. The lowest BCUT2D eigenvalue weighted by Crippen LogP contribution is -2.61. The van der Waals surface area contributed by atoms with Crippen molar-refractivity contribution in [2.75, 3.05) is 13.1 Å². The molecule has 1 aliphatic heterocycles. The highest BCUT2D eigenvalue weighted by Gasteiger charge is 2.52. The lowest BCUT2D eigenvalue weighted by Gasteiger charge is -2.39. The van der Waals surface area contributed by atoms with E-state index in [2.05, 4.69) is 31.2 Å². The summed E-state index contributed by atoms with van der Waals surface area (Å²) in [6, 6.07) is -2.87. The average Bonchev–Trinajstić information content (AvgIpc) is 3.60. The molecule has 0 bridgehead atoms. The minimum atomic E-state index is -0.962. The van der Waals surface area contributed by atoms with Crippen LogP contribution < -0.4 is 21.3 Å². The van der Waals surface area contributed by atoms with E-state index in [4.69, 9.17) is 0 Å². The van der Waals surface area contributed by atoms with E-state index in [1.54, 1.807) is 4.90 Å². The molecule has 0 aromatic carbocycles. The van der Waals surface area contributed by atoms with Gasteiger partial charge in [0.1, 0.15) is 11.7 Å². The standard InChI is InChI=1S/C35H57N7O5/c1-10-13-24(28(43)32(46)39-21(3)11-2)40-31(45)27-23-15-12-14-22(23)20-42(27)33(47)29(35(7,8)9)38-19-26(34(4,5)6)41-30(44)25-18-36-16-17-37-25/h16-18,21-24,26-27,29,38H,10-15,19-20H2,1-9H3,(H,39,46)(H,40,45)(H,41,44)/t21-,22-,23-,24-,26+,27-,29+/m0/s1. The van der Waals surface area contributed by atoms with Gasteiger partial charge in [-0.25, -0.2) is 4.98 Å². The number of aromatic nitrogens is 2. The molecule has 0 unspecified atom stereocenters. The van der Waals surface area contributed by atoms with Gasteiger partial charge in [0.05, 0.1) is 18.3 Å². The van der Waals surface area contributed by atoms with Crippen molar-refractivity contribution in [3.63, 3.8) is 0 Å². The SMILES string of the molecule is CCC[C@H](NC(=O)[C@@H]1[C@H]2CCC[C@H]2CN1C(=O)[C@@H](NC[C@@H](NC(=O)c1cnccn1)C(C)(C)C)C(C)(C)C)C(=O)C(=O)N[C@@H](C)CC. The molecule has 4 amide bonds. The maximum Gasteiger partial charge on any atom is 0.289 e. The van der Waals surface area contributed by atoms with Crippen molar-refractivity contribution in [3.05, 3.63) is 24.3 Å². The van der Waals surface area contributed by atoms with Crippen LogP contribution in [0.3, 0.4) is 0 Å². The molecule has 0 radical (unpaired) electrons. The Labute approximate surface area is 280 Å². The number of likely N-dealkylation sites (tertiary alicyclic amines) is 1.